The number of rotatable bonds is 6. The van der Waals surface area contributed by atoms with Crippen molar-refractivity contribution in [3.8, 4) is 5.69 Å². The molecular weight excluding hydrogens is 250 g/mol. The van der Waals surface area contributed by atoms with E-state index in [2.05, 4.69) is 24.3 Å². The van der Waals surface area contributed by atoms with Crippen molar-refractivity contribution in [3.63, 3.8) is 0 Å². The van der Waals surface area contributed by atoms with Crippen LogP contribution < -0.4 is 5.32 Å². The first-order valence-electron chi connectivity index (χ1n) is 7.06. The highest BCUT2D eigenvalue weighted by atomic mass is 16.3. The largest absolute Gasteiger partial charge is 0.384 e. The summed E-state index contributed by atoms with van der Waals surface area (Å²) in [4.78, 5) is 0. The number of para-hydroxylation sites is 1. The Morgan fingerprint density at radius 1 is 1.25 bits per heavy atom. The molecule has 4 heteroatoms. The van der Waals surface area contributed by atoms with Gasteiger partial charge in [0.1, 0.15) is 5.60 Å². The normalized spacial score (nSPS) is 14.4. The minimum atomic E-state index is -0.909. The molecule has 108 valence electrons. The van der Waals surface area contributed by atoms with Crippen molar-refractivity contribution in [1.82, 2.24) is 15.1 Å². The van der Waals surface area contributed by atoms with Crippen LogP contribution in [0.15, 0.2) is 42.6 Å². The maximum Gasteiger partial charge on any atom is 0.105 e. The summed E-state index contributed by atoms with van der Waals surface area (Å²) in [6.45, 7) is 6.81. The number of nitrogens with zero attached hydrogens (tertiary/aromatic N) is 2. The maximum absolute atomic E-state index is 10.7. The molecule has 0 saturated carbocycles. The maximum atomic E-state index is 10.7. The Hall–Kier alpha value is -1.65. The molecule has 1 atom stereocenters. The van der Waals surface area contributed by atoms with Crippen molar-refractivity contribution in [3.05, 3.63) is 48.3 Å². The zero-order valence-electron chi connectivity index (χ0n) is 12.4. The van der Waals surface area contributed by atoms with Gasteiger partial charge in [-0.2, -0.15) is 5.10 Å². The molecule has 0 fully saturated rings. The number of aliphatic hydroxyl groups is 1. The van der Waals surface area contributed by atoms with Gasteiger partial charge in [-0.05, 0) is 38.1 Å². The van der Waals surface area contributed by atoms with Crippen molar-refractivity contribution in [2.45, 2.75) is 38.8 Å². The van der Waals surface area contributed by atoms with Gasteiger partial charge in [0.25, 0.3) is 0 Å². The molecule has 2 aromatic rings. The van der Waals surface area contributed by atoms with E-state index < -0.39 is 5.60 Å². The molecule has 0 spiro atoms. The van der Waals surface area contributed by atoms with Crippen LogP contribution in [0.25, 0.3) is 5.69 Å². The minimum absolute atomic E-state index is 0.421. The fourth-order valence-corrected chi connectivity index (χ4v) is 2.22. The van der Waals surface area contributed by atoms with E-state index in [-0.39, 0.29) is 0 Å². The van der Waals surface area contributed by atoms with Gasteiger partial charge in [-0.3, -0.25) is 0 Å². The highest BCUT2D eigenvalue weighted by Crippen LogP contribution is 2.25. The van der Waals surface area contributed by atoms with Crippen LogP contribution >= 0.6 is 0 Å². The number of hydrogen-bond donors (Lipinski definition) is 2. The molecule has 1 aromatic heterocycles. The van der Waals surface area contributed by atoms with Crippen LogP contribution in [0.1, 0.15) is 32.9 Å². The molecule has 2 rings (SSSR count). The quantitative estimate of drug-likeness (QED) is 0.850. The van der Waals surface area contributed by atoms with Gasteiger partial charge in [0.2, 0.25) is 0 Å². The van der Waals surface area contributed by atoms with Gasteiger partial charge in [-0.1, -0.05) is 32.0 Å². The molecule has 0 amide bonds. The third-order valence-corrected chi connectivity index (χ3v) is 3.36. The van der Waals surface area contributed by atoms with Crippen LogP contribution in [-0.4, -0.2) is 27.5 Å². The summed E-state index contributed by atoms with van der Waals surface area (Å²) in [7, 11) is 0. The van der Waals surface area contributed by atoms with Gasteiger partial charge in [0.05, 0.1) is 11.4 Å². The lowest BCUT2D eigenvalue weighted by molar-refractivity contribution is 0.0406. The van der Waals surface area contributed by atoms with Crippen LogP contribution in [0, 0.1) is 0 Å². The van der Waals surface area contributed by atoms with E-state index in [1.54, 1.807) is 10.9 Å². The molecule has 20 heavy (non-hydrogen) atoms. The second-order valence-electron chi connectivity index (χ2n) is 5.60. The Labute approximate surface area is 120 Å². The zero-order chi connectivity index (χ0) is 14.6. The molecule has 1 unspecified atom stereocenters. The highest BCUT2D eigenvalue weighted by Gasteiger charge is 2.27. The predicted octanol–water partition coefficient (Wildman–Crippen LogP) is 2.47. The fourth-order valence-electron chi connectivity index (χ4n) is 2.22. The third-order valence-electron chi connectivity index (χ3n) is 3.36. The van der Waals surface area contributed by atoms with E-state index in [4.69, 9.17) is 0 Å². The molecule has 0 radical (unpaired) electrons. The first kappa shape index (κ1) is 14.8. The van der Waals surface area contributed by atoms with Gasteiger partial charge in [-0.25, -0.2) is 4.68 Å². The van der Waals surface area contributed by atoms with E-state index >= 15 is 0 Å². The topological polar surface area (TPSA) is 50.1 Å². The molecule has 4 nitrogen and oxygen atoms in total. The van der Waals surface area contributed by atoms with Crippen molar-refractivity contribution < 1.29 is 5.11 Å². The standard InChI is InChI=1S/C16H23N3O/c1-13(2)17-12-10-16(3,20)15-9-11-18-19(15)14-7-5-4-6-8-14/h4-9,11,13,17,20H,10,12H2,1-3H3. The number of hydrogen-bond acceptors (Lipinski definition) is 3. The average Bonchev–Trinajstić information content (AvgIpc) is 2.89. The van der Waals surface area contributed by atoms with E-state index in [1.807, 2.05) is 43.3 Å². The number of benzene rings is 1. The highest BCUT2D eigenvalue weighted by molar-refractivity contribution is 5.33. The van der Waals surface area contributed by atoms with Crippen LogP contribution in [-0.2, 0) is 5.60 Å². The SMILES string of the molecule is CC(C)NCCC(C)(O)c1ccnn1-c1ccccc1. The molecule has 0 aliphatic rings. The van der Waals surface area contributed by atoms with E-state index in [1.165, 1.54) is 0 Å². The fraction of sp³-hybridized carbons (Fsp3) is 0.438. The van der Waals surface area contributed by atoms with E-state index in [0.717, 1.165) is 17.9 Å². The molecule has 0 bridgehead atoms. The molecule has 0 aliphatic heterocycles. The molecule has 2 N–H and O–H groups in total. The Morgan fingerprint density at radius 3 is 2.60 bits per heavy atom. The molecule has 1 aromatic carbocycles. The monoisotopic (exact) mass is 273 g/mol. The second-order valence-corrected chi connectivity index (χ2v) is 5.60. The molecule has 0 aliphatic carbocycles. The minimum Gasteiger partial charge on any atom is -0.384 e. The van der Waals surface area contributed by atoms with E-state index in [9.17, 15) is 5.11 Å². The van der Waals surface area contributed by atoms with Crippen LogP contribution in [0.4, 0.5) is 0 Å². The van der Waals surface area contributed by atoms with Gasteiger partial charge in [0, 0.05) is 12.2 Å². The Morgan fingerprint density at radius 2 is 1.95 bits per heavy atom. The summed E-state index contributed by atoms with van der Waals surface area (Å²) >= 11 is 0. The summed E-state index contributed by atoms with van der Waals surface area (Å²) in [6.07, 6.45) is 2.37. The molecular formula is C16H23N3O. The summed E-state index contributed by atoms with van der Waals surface area (Å²) in [6, 6.07) is 12.2. The lowest BCUT2D eigenvalue weighted by Gasteiger charge is -2.25. The molecule has 0 saturated heterocycles. The average molecular weight is 273 g/mol. The summed E-state index contributed by atoms with van der Waals surface area (Å²) in [5, 5.41) is 18.4. The second kappa shape index (κ2) is 6.20. The van der Waals surface area contributed by atoms with Crippen molar-refractivity contribution in [2.24, 2.45) is 0 Å². The number of aromatic nitrogens is 2. The summed E-state index contributed by atoms with van der Waals surface area (Å²) in [5.74, 6) is 0. The molecule has 1 heterocycles. The third kappa shape index (κ3) is 3.46. The van der Waals surface area contributed by atoms with Gasteiger partial charge in [0.15, 0.2) is 0 Å². The summed E-state index contributed by atoms with van der Waals surface area (Å²) < 4.78 is 1.80. The van der Waals surface area contributed by atoms with Gasteiger partial charge < -0.3 is 10.4 Å². The van der Waals surface area contributed by atoms with Crippen LogP contribution in [0.3, 0.4) is 0 Å². The van der Waals surface area contributed by atoms with Gasteiger partial charge >= 0.3 is 0 Å². The van der Waals surface area contributed by atoms with Crippen molar-refractivity contribution in [2.75, 3.05) is 6.54 Å². The zero-order valence-corrected chi connectivity index (χ0v) is 12.4. The van der Waals surface area contributed by atoms with Crippen molar-refractivity contribution >= 4 is 0 Å². The Kier molecular flexibility index (Phi) is 4.57. The lowest BCUT2D eigenvalue weighted by atomic mass is 9.97. The smallest absolute Gasteiger partial charge is 0.105 e. The van der Waals surface area contributed by atoms with Crippen molar-refractivity contribution in [1.29, 1.82) is 0 Å². The summed E-state index contributed by atoms with van der Waals surface area (Å²) in [5.41, 5.74) is 0.868. The van der Waals surface area contributed by atoms with Crippen LogP contribution in [0.5, 0.6) is 0 Å². The van der Waals surface area contributed by atoms with Crippen LogP contribution in [0.2, 0.25) is 0 Å². The Balaban J connectivity index is 2.18. The first-order valence-corrected chi connectivity index (χ1v) is 7.06. The van der Waals surface area contributed by atoms with Gasteiger partial charge in [-0.15, -0.1) is 0 Å². The number of nitrogens with one attached hydrogen (secondary N) is 1. The Bertz CT molecular complexity index is 532. The lowest BCUT2D eigenvalue weighted by Crippen LogP contribution is -2.32. The first-order chi connectivity index (χ1) is 9.50. The van der Waals surface area contributed by atoms with E-state index in [0.29, 0.717) is 12.5 Å². The predicted molar refractivity (Wildman–Crippen MR) is 80.9 cm³/mol.